The van der Waals surface area contributed by atoms with Gasteiger partial charge in [-0.15, -0.1) is 0 Å². The van der Waals surface area contributed by atoms with Crippen molar-refractivity contribution in [2.45, 2.75) is 13.2 Å². The number of nitrogens with one attached hydrogen (secondary N) is 1. The van der Waals surface area contributed by atoms with E-state index in [-0.39, 0.29) is 11.6 Å². The number of carbonyl (C=O) groups is 1. The Bertz CT molecular complexity index is 977. The van der Waals surface area contributed by atoms with E-state index in [0.29, 0.717) is 32.2 Å². The Hall–Kier alpha value is -3.52. The fourth-order valence-electron chi connectivity index (χ4n) is 3.08. The first-order chi connectivity index (χ1) is 14.8. The highest BCUT2D eigenvalue weighted by Crippen LogP contribution is 2.15. The Morgan fingerprint density at radius 1 is 1.03 bits per heavy atom. The van der Waals surface area contributed by atoms with Gasteiger partial charge in [0.1, 0.15) is 24.4 Å². The molecule has 154 valence electrons. The van der Waals surface area contributed by atoms with E-state index in [1.807, 2.05) is 42.5 Å². The molecule has 8 nitrogen and oxygen atoms in total. The summed E-state index contributed by atoms with van der Waals surface area (Å²) in [6, 6.07) is 15.2. The van der Waals surface area contributed by atoms with Gasteiger partial charge < -0.3 is 19.7 Å². The molecule has 1 aliphatic rings. The summed E-state index contributed by atoms with van der Waals surface area (Å²) in [6.45, 7) is 3.78. The van der Waals surface area contributed by atoms with Crippen molar-refractivity contribution in [3.05, 3.63) is 77.9 Å². The molecule has 0 bridgehead atoms. The van der Waals surface area contributed by atoms with Crippen LogP contribution in [0.1, 0.15) is 21.6 Å². The van der Waals surface area contributed by atoms with Crippen molar-refractivity contribution in [3.63, 3.8) is 0 Å². The second-order valence-corrected chi connectivity index (χ2v) is 6.82. The van der Waals surface area contributed by atoms with Gasteiger partial charge in [-0.1, -0.05) is 30.3 Å². The van der Waals surface area contributed by atoms with Crippen LogP contribution in [0.3, 0.4) is 0 Å². The van der Waals surface area contributed by atoms with Gasteiger partial charge in [0.25, 0.3) is 5.91 Å². The zero-order valence-corrected chi connectivity index (χ0v) is 16.5. The lowest BCUT2D eigenvalue weighted by Gasteiger charge is -2.28. The quantitative estimate of drug-likeness (QED) is 0.645. The third-order valence-electron chi connectivity index (χ3n) is 4.70. The molecule has 3 aromatic rings. The highest BCUT2D eigenvalue weighted by atomic mass is 16.5. The molecule has 4 rings (SSSR count). The van der Waals surface area contributed by atoms with Crippen LogP contribution in [0.4, 0.5) is 5.82 Å². The molecule has 1 saturated heterocycles. The molecule has 0 aliphatic carbocycles. The normalized spacial score (nSPS) is 13.7. The lowest BCUT2D eigenvalue weighted by atomic mass is 10.2. The molecule has 1 N–H and O–H groups in total. The van der Waals surface area contributed by atoms with Crippen LogP contribution in [0.2, 0.25) is 0 Å². The third-order valence-corrected chi connectivity index (χ3v) is 4.70. The minimum Gasteiger partial charge on any atom is -0.473 e. The summed E-state index contributed by atoms with van der Waals surface area (Å²) in [6.07, 6.45) is 3.09. The predicted octanol–water partition coefficient (Wildman–Crippen LogP) is 2.22. The van der Waals surface area contributed by atoms with Crippen molar-refractivity contribution in [1.82, 2.24) is 20.3 Å². The van der Waals surface area contributed by atoms with Crippen LogP contribution in [0.25, 0.3) is 0 Å². The zero-order valence-electron chi connectivity index (χ0n) is 16.5. The van der Waals surface area contributed by atoms with Crippen molar-refractivity contribution < 1.29 is 14.3 Å². The molecule has 3 heterocycles. The van der Waals surface area contributed by atoms with Crippen LogP contribution in [-0.4, -0.2) is 47.2 Å². The summed E-state index contributed by atoms with van der Waals surface area (Å²) < 4.78 is 11.1. The van der Waals surface area contributed by atoms with E-state index in [2.05, 4.69) is 25.2 Å². The van der Waals surface area contributed by atoms with Gasteiger partial charge in [-0.2, -0.15) is 0 Å². The Kier molecular flexibility index (Phi) is 6.46. The van der Waals surface area contributed by atoms with Gasteiger partial charge in [-0.3, -0.25) is 4.79 Å². The maximum absolute atomic E-state index is 12.5. The summed E-state index contributed by atoms with van der Waals surface area (Å²) >= 11 is 0. The summed E-state index contributed by atoms with van der Waals surface area (Å²) in [7, 11) is 0. The van der Waals surface area contributed by atoms with E-state index < -0.39 is 0 Å². The average molecular weight is 405 g/mol. The highest BCUT2D eigenvalue weighted by molar-refractivity contribution is 5.92. The van der Waals surface area contributed by atoms with Crippen LogP contribution >= 0.6 is 0 Å². The van der Waals surface area contributed by atoms with Crippen molar-refractivity contribution >= 4 is 11.7 Å². The fraction of sp³-hybridized carbons (Fsp3) is 0.273. The number of carbonyl (C=O) groups excluding carboxylic acids is 1. The number of anilines is 1. The molecule has 0 spiro atoms. The predicted molar refractivity (Wildman–Crippen MR) is 111 cm³/mol. The van der Waals surface area contributed by atoms with Gasteiger partial charge in [-0.25, -0.2) is 15.0 Å². The second-order valence-electron chi connectivity index (χ2n) is 6.82. The van der Waals surface area contributed by atoms with Gasteiger partial charge in [0.15, 0.2) is 0 Å². The number of aromatic nitrogens is 3. The number of ether oxygens (including phenoxy) is 2. The molecule has 1 aromatic carbocycles. The van der Waals surface area contributed by atoms with Crippen molar-refractivity contribution in [1.29, 1.82) is 0 Å². The van der Waals surface area contributed by atoms with Crippen LogP contribution in [-0.2, 0) is 17.9 Å². The Morgan fingerprint density at radius 3 is 2.70 bits per heavy atom. The molecular weight excluding hydrogens is 382 g/mol. The van der Waals surface area contributed by atoms with Gasteiger partial charge in [-0.05, 0) is 23.3 Å². The number of nitrogens with zero attached hydrogens (tertiary/aromatic N) is 4. The number of pyridine rings is 1. The summed E-state index contributed by atoms with van der Waals surface area (Å²) in [5.41, 5.74) is 2.25. The van der Waals surface area contributed by atoms with E-state index in [9.17, 15) is 4.79 Å². The third kappa shape index (κ3) is 5.30. The lowest BCUT2D eigenvalue weighted by Crippen LogP contribution is -2.36. The first-order valence-electron chi connectivity index (χ1n) is 9.82. The molecule has 1 fully saturated rings. The second kappa shape index (κ2) is 9.80. The lowest BCUT2D eigenvalue weighted by molar-refractivity contribution is 0.0945. The first-order valence-corrected chi connectivity index (χ1v) is 9.82. The van der Waals surface area contributed by atoms with Gasteiger partial charge in [0.2, 0.25) is 5.88 Å². The van der Waals surface area contributed by atoms with Gasteiger partial charge in [0.05, 0.1) is 13.2 Å². The molecule has 1 amide bonds. The molecule has 0 atom stereocenters. The number of benzene rings is 1. The average Bonchev–Trinajstić information content (AvgIpc) is 2.83. The molecule has 8 heteroatoms. The van der Waals surface area contributed by atoms with E-state index in [4.69, 9.17) is 9.47 Å². The van der Waals surface area contributed by atoms with Crippen LogP contribution in [0.5, 0.6) is 5.88 Å². The number of amides is 1. The largest absolute Gasteiger partial charge is 0.473 e. The minimum absolute atomic E-state index is 0.260. The van der Waals surface area contributed by atoms with E-state index in [1.54, 1.807) is 12.3 Å². The summed E-state index contributed by atoms with van der Waals surface area (Å²) in [5, 5.41) is 2.89. The molecule has 0 unspecified atom stereocenters. The zero-order chi connectivity index (χ0) is 20.6. The maximum atomic E-state index is 12.5. The van der Waals surface area contributed by atoms with Crippen molar-refractivity contribution in [2.24, 2.45) is 0 Å². The van der Waals surface area contributed by atoms with Crippen molar-refractivity contribution in [3.8, 4) is 5.88 Å². The standard InChI is InChI=1S/C22H23N5O3/c28-22(19-13-21(26-16-25-19)30-15-17-4-2-1-3-5-17)24-14-18-6-7-23-20(12-18)27-8-10-29-11-9-27/h1-7,12-13,16H,8-11,14-15H2,(H,24,28). The maximum Gasteiger partial charge on any atom is 0.270 e. The molecule has 0 radical (unpaired) electrons. The molecular formula is C22H23N5O3. The number of rotatable bonds is 7. The highest BCUT2D eigenvalue weighted by Gasteiger charge is 2.13. The molecule has 0 saturated carbocycles. The molecule has 1 aliphatic heterocycles. The summed E-state index contributed by atoms with van der Waals surface area (Å²) in [4.78, 5) is 27.3. The number of hydrogen-bond acceptors (Lipinski definition) is 7. The molecule has 30 heavy (non-hydrogen) atoms. The fourth-order valence-corrected chi connectivity index (χ4v) is 3.08. The van der Waals surface area contributed by atoms with Gasteiger partial charge >= 0.3 is 0 Å². The Balaban J connectivity index is 1.34. The van der Waals surface area contributed by atoms with Crippen molar-refractivity contribution in [2.75, 3.05) is 31.2 Å². The number of hydrogen-bond donors (Lipinski definition) is 1. The first kappa shape index (κ1) is 19.8. The van der Waals surface area contributed by atoms with Crippen LogP contribution in [0, 0.1) is 0 Å². The van der Waals surface area contributed by atoms with Crippen LogP contribution < -0.4 is 15.0 Å². The van der Waals surface area contributed by atoms with Gasteiger partial charge in [0, 0.05) is 31.9 Å². The molecule has 2 aromatic heterocycles. The van der Waals surface area contributed by atoms with E-state index in [1.165, 1.54) is 6.33 Å². The number of morpholine rings is 1. The topological polar surface area (TPSA) is 89.5 Å². The Morgan fingerprint density at radius 2 is 1.87 bits per heavy atom. The Labute approximate surface area is 174 Å². The van der Waals surface area contributed by atoms with Crippen LogP contribution in [0.15, 0.2) is 61.1 Å². The van der Waals surface area contributed by atoms with E-state index in [0.717, 1.165) is 30.0 Å². The summed E-state index contributed by atoms with van der Waals surface area (Å²) in [5.74, 6) is 0.966. The monoisotopic (exact) mass is 405 g/mol. The minimum atomic E-state index is -0.285. The SMILES string of the molecule is O=C(NCc1ccnc(N2CCOCC2)c1)c1cc(OCc2ccccc2)ncn1. The smallest absolute Gasteiger partial charge is 0.270 e. The van der Waals surface area contributed by atoms with E-state index >= 15 is 0 Å².